The van der Waals surface area contributed by atoms with Crippen molar-refractivity contribution < 1.29 is 4.74 Å². The molecule has 0 saturated heterocycles. The van der Waals surface area contributed by atoms with Gasteiger partial charge in [0.05, 0.1) is 0 Å². The molecule has 1 aromatic carbocycles. The van der Waals surface area contributed by atoms with E-state index in [0.717, 1.165) is 15.8 Å². The molecule has 2 aromatic rings. The van der Waals surface area contributed by atoms with Crippen LogP contribution in [0.5, 0.6) is 11.6 Å². The molecule has 0 aliphatic rings. The van der Waals surface area contributed by atoms with Gasteiger partial charge < -0.3 is 10.5 Å². The molecule has 0 bridgehead atoms. The summed E-state index contributed by atoms with van der Waals surface area (Å²) in [7, 11) is 0. The molecule has 1 aromatic heterocycles. The summed E-state index contributed by atoms with van der Waals surface area (Å²) in [5.41, 5.74) is 7.31. The quantitative estimate of drug-likeness (QED) is 0.945. The third-order valence-corrected chi connectivity index (χ3v) is 3.16. The Morgan fingerprint density at radius 3 is 2.76 bits per heavy atom. The van der Waals surface area contributed by atoms with E-state index in [1.165, 1.54) is 0 Å². The first kappa shape index (κ1) is 12.0. The molecule has 0 spiro atoms. The summed E-state index contributed by atoms with van der Waals surface area (Å²) < 4.78 is 6.71. The maximum absolute atomic E-state index is 5.66. The second kappa shape index (κ2) is 5.25. The van der Waals surface area contributed by atoms with Crippen molar-refractivity contribution in [3.63, 3.8) is 0 Å². The molecule has 1 heterocycles. The highest BCUT2D eigenvalue weighted by Crippen LogP contribution is 2.26. The van der Waals surface area contributed by atoms with Crippen LogP contribution in [-0.2, 0) is 6.54 Å². The second-order valence-corrected chi connectivity index (χ2v) is 4.38. The molecule has 2 rings (SSSR count). The minimum absolute atomic E-state index is 0.304. The number of benzene rings is 1. The molecule has 88 valence electrons. The highest BCUT2D eigenvalue weighted by molar-refractivity contribution is 9.10. The van der Waals surface area contributed by atoms with Crippen LogP contribution >= 0.6 is 15.9 Å². The minimum atomic E-state index is 0.304. The first-order chi connectivity index (χ1) is 8.20. The number of ether oxygens (including phenoxy) is 1. The van der Waals surface area contributed by atoms with Crippen molar-refractivity contribution in [1.29, 1.82) is 0 Å². The predicted molar refractivity (Wildman–Crippen MR) is 68.9 cm³/mol. The van der Waals surface area contributed by atoms with Crippen LogP contribution < -0.4 is 10.5 Å². The maximum Gasteiger partial charge on any atom is 0.242 e. The van der Waals surface area contributed by atoms with Gasteiger partial charge in [-0.2, -0.15) is 0 Å². The molecular formula is C12H12BrN3O. The summed E-state index contributed by atoms with van der Waals surface area (Å²) in [5, 5.41) is 0. The van der Waals surface area contributed by atoms with Crippen molar-refractivity contribution in [3.8, 4) is 11.6 Å². The molecule has 0 unspecified atom stereocenters. The zero-order valence-corrected chi connectivity index (χ0v) is 10.9. The van der Waals surface area contributed by atoms with E-state index >= 15 is 0 Å². The van der Waals surface area contributed by atoms with Gasteiger partial charge in [0, 0.05) is 23.4 Å². The lowest BCUT2D eigenvalue weighted by Gasteiger charge is -2.08. The normalized spacial score (nSPS) is 10.3. The van der Waals surface area contributed by atoms with E-state index in [0.29, 0.717) is 18.1 Å². The molecule has 5 heteroatoms. The van der Waals surface area contributed by atoms with Gasteiger partial charge in [0.1, 0.15) is 11.4 Å². The van der Waals surface area contributed by atoms with E-state index in [-0.39, 0.29) is 0 Å². The van der Waals surface area contributed by atoms with Crippen molar-refractivity contribution in [2.75, 3.05) is 0 Å². The van der Waals surface area contributed by atoms with E-state index in [9.17, 15) is 0 Å². The first-order valence-corrected chi connectivity index (χ1v) is 5.94. The van der Waals surface area contributed by atoms with Crippen molar-refractivity contribution in [2.45, 2.75) is 13.5 Å². The van der Waals surface area contributed by atoms with Crippen LogP contribution in [0.25, 0.3) is 0 Å². The monoisotopic (exact) mass is 293 g/mol. The van der Waals surface area contributed by atoms with E-state index in [1.807, 2.05) is 25.1 Å². The van der Waals surface area contributed by atoms with Gasteiger partial charge in [-0.3, -0.25) is 4.98 Å². The summed E-state index contributed by atoms with van der Waals surface area (Å²) in [6.45, 7) is 2.30. The zero-order valence-electron chi connectivity index (χ0n) is 9.35. The molecule has 0 radical (unpaired) electrons. The molecule has 0 atom stereocenters. The first-order valence-electron chi connectivity index (χ1n) is 5.14. The van der Waals surface area contributed by atoms with Crippen molar-refractivity contribution >= 4 is 15.9 Å². The molecular weight excluding hydrogens is 282 g/mol. The summed E-state index contributed by atoms with van der Waals surface area (Å²) in [6, 6.07) is 5.73. The Morgan fingerprint density at radius 1 is 1.29 bits per heavy atom. The van der Waals surface area contributed by atoms with Crippen LogP contribution in [0, 0.1) is 6.92 Å². The van der Waals surface area contributed by atoms with Gasteiger partial charge in [-0.1, -0.05) is 15.9 Å². The summed E-state index contributed by atoms with van der Waals surface area (Å²) >= 11 is 3.44. The molecule has 0 fully saturated rings. The molecule has 4 nitrogen and oxygen atoms in total. The zero-order chi connectivity index (χ0) is 12.3. The van der Waals surface area contributed by atoms with Crippen LogP contribution in [0.15, 0.2) is 35.1 Å². The number of aromatic nitrogens is 2. The van der Waals surface area contributed by atoms with Crippen LogP contribution in [0.1, 0.15) is 11.3 Å². The fourth-order valence-corrected chi connectivity index (χ4v) is 1.62. The van der Waals surface area contributed by atoms with Crippen LogP contribution in [0.3, 0.4) is 0 Å². The van der Waals surface area contributed by atoms with Gasteiger partial charge in [-0.25, -0.2) is 4.98 Å². The fraction of sp³-hybridized carbons (Fsp3) is 0.167. The van der Waals surface area contributed by atoms with Gasteiger partial charge >= 0.3 is 0 Å². The molecule has 0 saturated carbocycles. The topological polar surface area (TPSA) is 61.0 Å². The SMILES string of the molecule is Cc1cc(Oc2nccnc2CN)ccc1Br. The smallest absolute Gasteiger partial charge is 0.242 e. The van der Waals surface area contributed by atoms with Crippen molar-refractivity contribution in [3.05, 3.63) is 46.3 Å². The Bertz CT molecular complexity index is 531. The summed E-state index contributed by atoms with van der Waals surface area (Å²) in [4.78, 5) is 8.23. The van der Waals surface area contributed by atoms with E-state index < -0.39 is 0 Å². The second-order valence-electron chi connectivity index (χ2n) is 3.53. The van der Waals surface area contributed by atoms with Crippen molar-refractivity contribution in [1.82, 2.24) is 9.97 Å². The summed E-state index contributed by atoms with van der Waals surface area (Å²) in [5.74, 6) is 1.18. The van der Waals surface area contributed by atoms with Gasteiger partial charge in [0.15, 0.2) is 0 Å². The maximum atomic E-state index is 5.66. The number of hydrogen-bond donors (Lipinski definition) is 1. The highest BCUT2D eigenvalue weighted by atomic mass is 79.9. The third kappa shape index (κ3) is 2.81. The van der Waals surface area contributed by atoms with Crippen LogP contribution in [0.4, 0.5) is 0 Å². The van der Waals surface area contributed by atoms with E-state index in [2.05, 4.69) is 25.9 Å². The number of hydrogen-bond acceptors (Lipinski definition) is 4. The average molecular weight is 294 g/mol. The minimum Gasteiger partial charge on any atom is -0.437 e. The number of rotatable bonds is 3. The Labute approximate surface area is 108 Å². The standard InChI is InChI=1S/C12H12BrN3O/c1-8-6-9(2-3-10(8)13)17-12-11(7-14)15-4-5-16-12/h2-6H,7,14H2,1H3. The number of aryl methyl sites for hydroxylation is 1. The molecule has 0 aliphatic carbocycles. The Balaban J connectivity index is 2.28. The Morgan fingerprint density at radius 2 is 2.06 bits per heavy atom. The van der Waals surface area contributed by atoms with Gasteiger partial charge in [-0.05, 0) is 30.7 Å². The lowest BCUT2D eigenvalue weighted by Crippen LogP contribution is -2.03. The van der Waals surface area contributed by atoms with Gasteiger partial charge in [0.2, 0.25) is 5.88 Å². The molecule has 0 amide bonds. The molecule has 2 N–H and O–H groups in total. The van der Waals surface area contributed by atoms with E-state index in [1.54, 1.807) is 12.4 Å². The third-order valence-electron chi connectivity index (χ3n) is 2.27. The lowest BCUT2D eigenvalue weighted by molar-refractivity contribution is 0.451. The molecule has 17 heavy (non-hydrogen) atoms. The van der Waals surface area contributed by atoms with Gasteiger partial charge in [-0.15, -0.1) is 0 Å². The molecule has 0 aliphatic heterocycles. The Kier molecular flexibility index (Phi) is 3.71. The summed E-state index contributed by atoms with van der Waals surface area (Å²) in [6.07, 6.45) is 3.18. The fourth-order valence-electron chi connectivity index (χ4n) is 1.37. The number of nitrogens with two attached hydrogens (primary N) is 1. The number of nitrogens with zero attached hydrogens (tertiary/aromatic N) is 2. The predicted octanol–water partition coefficient (Wildman–Crippen LogP) is 2.80. The van der Waals surface area contributed by atoms with E-state index in [4.69, 9.17) is 10.5 Å². The van der Waals surface area contributed by atoms with Crippen LogP contribution in [-0.4, -0.2) is 9.97 Å². The van der Waals surface area contributed by atoms with Gasteiger partial charge in [0.25, 0.3) is 0 Å². The van der Waals surface area contributed by atoms with Crippen molar-refractivity contribution in [2.24, 2.45) is 5.73 Å². The largest absolute Gasteiger partial charge is 0.437 e. The lowest BCUT2D eigenvalue weighted by atomic mass is 10.2. The Hall–Kier alpha value is -1.46. The highest BCUT2D eigenvalue weighted by Gasteiger charge is 2.06. The average Bonchev–Trinajstić information content (AvgIpc) is 2.34. The van der Waals surface area contributed by atoms with Crippen LogP contribution in [0.2, 0.25) is 0 Å². The number of halogens is 1.